The Labute approximate surface area is 112 Å². The minimum absolute atomic E-state index is 0.638. The zero-order valence-corrected chi connectivity index (χ0v) is 11.8. The topological polar surface area (TPSA) is 0 Å². The van der Waals surface area contributed by atoms with E-state index >= 15 is 0 Å². The maximum absolute atomic E-state index is 6.07. The molecule has 0 saturated heterocycles. The first kappa shape index (κ1) is 12.4. The Morgan fingerprint density at radius 1 is 1.25 bits per heavy atom. The number of alkyl halides is 1. The van der Waals surface area contributed by atoms with Crippen molar-refractivity contribution in [3.8, 4) is 0 Å². The van der Waals surface area contributed by atoms with Crippen LogP contribution in [0.4, 0.5) is 0 Å². The third-order valence-corrected chi connectivity index (χ3v) is 4.59. The summed E-state index contributed by atoms with van der Waals surface area (Å²) < 4.78 is 0. The highest BCUT2D eigenvalue weighted by atomic mass is 79.9. The molecule has 2 heteroatoms. The van der Waals surface area contributed by atoms with E-state index in [1.54, 1.807) is 0 Å². The van der Waals surface area contributed by atoms with Crippen LogP contribution in [-0.2, 0) is 0 Å². The number of rotatable bonds is 3. The Morgan fingerprint density at radius 3 is 2.62 bits per heavy atom. The second-order valence-corrected chi connectivity index (χ2v) is 5.80. The predicted octanol–water partition coefficient (Wildman–Crippen LogP) is 5.40. The zero-order chi connectivity index (χ0) is 11.4. The van der Waals surface area contributed by atoms with Crippen molar-refractivity contribution in [2.24, 2.45) is 5.92 Å². The van der Waals surface area contributed by atoms with Gasteiger partial charge < -0.3 is 0 Å². The quantitative estimate of drug-likeness (QED) is 0.656. The average Bonchev–Trinajstić information content (AvgIpc) is 2.31. The van der Waals surface area contributed by atoms with Gasteiger partial charge in [0.05, 0.1) is 0 Å². The lowest BCUT2D eigenvalue weighted by atomic mass is 9.78. The number of benzene rings is 1. The summed E-state index contributed by atoms with van der Waals surface area (Å²) in [5.41, 5.74) is 1.40. The molecule has 1 aliphatic rings. The van der Waals surface area contributed by atoms with Crippen LogP contribution in [0.2, 0.25) is 5.02 Å². The zero-order valence-electron chi connectivity index (χ0n) is 9.46. The van der Waals surface area contributed by atoms with Gasteiger partial charge in [0, 0.05) is 10.4 Å². The fourth-order valence-corrected chi connectivity index (χ4v) is 3.86. The first-order chi connectivity index (χ1) is 7.81. The van der Waals surface area contributed by atoms with Crippen LogP contribution in [0.5, 0.6) is 0 Å². The van der Waals surface area contributed by atoms with Gasteiger partial charge in [-0.3, -0.25) is 0 Å². The highest BCUT2D eigenvalue weighted by molar-refractivity contribution is 9.09. The van der Waals surface area contributed by atoms with E-state index in [1.165, 1.54) is 37.7 Å². The Morgan fingerprint density at radius 2 is 2.00 bits per heavy atom. The van der Waals surface area contributed by atoms with E-state index in [2.05, 4.69) is 34.1 Å². The highest BCUT2D eigenvalue weighted by Gasteiger charge is 2.24. The molecule has 0 heterocycles. The van der Waals surface area contributed by atoms with Gasteiger partial charge in [0.25, 0.3) is 0 Å². The van der Waals surface area contributed by atoms with Crippen LogP contribution in [0.3, 0.4) is 0 Å². The Bertz CT molecular complexity index is 331. The number of hydrogen-bond donors (Lipinski definition) is 0. The highest BCUT2D eigenvalue weighted by Crippen LogP contribution is 2.37. The largest absolute Gasteiger partial charge is 0.0921 e. The van der Waals surface area contributed by atoms with E-state index in [1.807, 2.05) is 6.07 Å². The lowest BCUT2D eigenvalue weighted by molar-refractivity contribution is 0.319. The summed E-state index contributed by atoms with van der Waals surface area (Å²) in [4.78, 5) is 0. The van der Waals surface area contributed by atoms with Crippen molar-refractivity contribution in [2.75, 3.05) is 5.33 Å². The van der Waals surface area contributed by atoms with Crippen molar-refractivity contribution < 1.29 is 0 Å². The predicted molar refractivity (Wildman–Crippen MR) is 74.6 cm³/mol. The van der Waals surface area contributed by atoms with Crippen LogP contribution < -0.4 is 0 Å². The van der Waals surface area contributed by atoms with E-state index in [0.717, 1.165) is 16.3 Å². The van der Waals surface area contributed by atoms with Gasteiger partial charge in [-0.25, -0.2) is 0 Å². The number of halogens is 2. The first-order valence-electron chi connectivity index (χ1n) is 6.12. The summed E-state index contributed by atoms with van der Waals surface area (Å²) in [5, 5.41) is 1.91. The summed E-state index contributed by atoms with van der Waals surface area (Å²) in [6.45, 7) is 0. The van der Waals surface area contributed by atoms with Crippen LogP contribution in [0.15, 0.2) is 24.3 Å². The van der Waals surface area contributed by atoms with Crippen molar-refractivity contribution in [2.45, 2.75) is 38.0 Å². The lowest BCUT2D eigenvalue weighted by Gasteiger charge is -2.29. The van der Waals surface area contributed by atoms with Gasteiger partial charge in [-0.1, -0.05) is 58.9 Å². The van der Waals surface area contributed by atoms with E-state index in [9.17, 15) is 0 Å². The second-order valence-electron chi connectivity index (χ2n) is 4.71. The molecule has 1 saturated carbocycles. The maximum atomic E-state index is 6.07. The molecule has 1 atom stereocenters. The Hall–Kier alpha value is -0.0100. The molecular weight excluding hydrogens is 284 g/mol. The molecule has 2 rings (SSSR count). The summed E-state index contributed by atoms with van der Waals surface area (Å²) in [6, 6.07) is 8.36. The van der Waals surface area contributed by atoms with E-state index in [0.29, 0.717) is 5.92 Å². The SMILES string of the molecule is Clc1cccc(C(CBr)C2CCCCC2)c1. The summed E-state index contributed by atoms with van der Waals surface area (Å²) in [7, 11) is 0. The molecule has 1 aromatic carbocycles. The molecule has 0 aromatic heterocycles. The third-order valence-electron chi connectivity index (χ3n) is 3.66. The van der Waals surface area contributed by atoms with Crippen molar-refractivity contribution in [3.63, 3.8) is 0 Å². The molecular formula is C14H18BrCl. The van der Waals surface area contributed by atoms with Gasteiger partial charge >= 0.3 is 0 Å². The molecule has 1 aromatic rings. The van der Waals surface area contributed by atoms with Gasteiger partial charge in [-0.15, -0.1) is 0 Å². The Balaban J connectivity index is 2.14. The van der Waals surface area contributed by atoms with Crippen LogP contribution in [0.1, 0.15) is 43.6 Å². The van der Waals surface area contributed by atoms with Crippen molar-refractivity contribution in [3.05, 3.63) is 34.9 Å². The molecule has 1 unspecified atom stereocenters. The van der Waals surface area contributed by atoms with E-state index in [4.69, 9.17) is 11.6 Å². The smallest absolute Gasteiger partial charge is 0.0408 e. The normalized spacial score (nSPS) is 19.6. The standard InChI is InChI=1S/C14H18BrCl/c15-10-14(11-5-2-1-3-6-11)12-7-4-8-13(16)9-12/h4,7-9,11,14H,1-3,5-6,10H2. The minimum atomic E-state index is 0.638. The van der Waals surface area contributed by atoms with Gasteiger partial charge in [0.1, 0.15) is 0 Å². The van der Waals surface area contributed by atoms with Gasteiger partial charge in [-0.2, -0.15) is 0 Å². The first-order valence-corrected chi connectivity index (χ1v) is 7.62. The van der Waals surface area contributed by atoms with Gasteiger partial charge in [-0.05, 0) is 42.4 Å². The monoisotopic (exact) mass is 300 g/mol. The fraction of sp³-hybridized carbons (Fsp3) is 0.571. The number of hydrogen-bond acceptors (Lipinski definition) is 0. The van der Waals surface area contributed by atoms with E-state index < -0.39 is 0 Å². The molecule has 1 fully saturated rings. The molecule has 0 aliphatic heterocycles. The molecule has 0 N–H and O–H groups in total. The summed E-state index contributed by atoms with van der Waals surface area (Å²) in [5.74, 6) is 1.48. The molecule has 16 heavy (non-hydrogen) atoms. The van der Waals surface area contributed by atoms with Crippen LogP contribution in [-0.4, -0.2) is 5.33 Å². The Kier molecular flexibility index (Phi) is 4.72. The van der Waals surface area contributed by atoms with Crippen LogP contribution in [0.25, 0.3) is 0 Å². The van der Waals surface area contributed by atoms with Crippen molar-refractivity contribution >= 4 is 27.5 Å². The molecule has 88 valence electrons. The molecule has 0 nitrogen and oxygen atoms in total. The molecule has 0 bridgehead atoms. The fourth-order valence-electron chi connectivity index (χ4n) is 2.76. The lowest BCUT2D eigenvalue weighted by Crippen LogP contribution is -2.17. The van der Waals surface area contributed by atoms with Gasteiger partial charge in [0.2, 0.25) is 0 Å². The second kappa shape index (κ2) is 6.07. The van der Waals surface area contributed by atoms with Crippen molar-refractivity contribution in [1.82, 2.24) is 0 Å². The van der Waals surface area contributed by atoms with E-state index in [-0.39, 0.29) is 0 Å². The minimum Gasteiger partial charge on any atom is -0.0921 e. The third kappa shape index (κ3) is 3.01. The van der Waals surface area contributed by atoms with Crippen LogP contribution >= 0.6 is 27.5 Å². The molecule has 0 spiro atoms. The molecule has 1 aliphatic carbocycles. The van der Waals surface area contributed by atoms with Crippen LogP contribution in [0, 0.1) is 5.92 Å². The van der Waals surface area contributed by atoms with Crippen molar-refractivity contribution in [1.29, 1.82) is 0 Å². The summed E-state index contributed by atoms with van der Waals surface area (Å²) in [6.07, 6.45) is 6.97. The average molecular weight is 302 g/mol. The summed E-state index contributed by atoms with van der Waals surface area (Å²) >= 11 is 9.74. The maximum Gasteiger partial charge on any atom is 0.0408 e. The van der Waals surface area contributed by atoms with Gasteiger partial charge in [0.15, 0.2) is 0 Å². The molecule has 0 radical (unpaired) electrons. The molecule has 0 amide bonds.